The van der Waals surface area contributed by atoms with E-state index in [1.807, 2.05) is 7.05 Å². The van der Waals surface area contributed by atoms with Crippen LogP contribution in [0.5, 0.6) is 0 Å². The lowest BCUT2D eigenvalue weighted by Gasteiger charge is -2.34. The average Bonchev–Trinajstić information content (AvgIpc) is 2.81. The number of unbranched alkanes of at least 4 members (excludes halogenated alkanes) is 1. The molecule has 2 rings (SSSR count). The zero-order chi connectivity index (χ0) is 13.7. The minimum atomic E-state index is -3.09. The molecule has 2 N–H and O–H groups in total. The Kier molecular flexibility index (Phi) is 5.62. The van der Waals surface area contributed by atoms with Crippen LogP contribution in [-0.2, 0) is 10.0 Å². The Hall–Kier alpha value is -0.170. The van der Waals surface area contributed by atoms with Gasteiger partial charge in [-0.05, 0) is 65.2 Å². The van der Waals surface area contributed by atoms with E-state index in [2.05, 4.69) is 14.9 Å². The average molecular weight is 289 g/mol. The Labute approximate surface area is 117 Å². The van der Waals surface area contributed by atoms with E-state index in [0.717, 1.165) is 38.8 Å². The zero-order valence-electron chi connectivity index (χ0n) is 11.9. The molecule has 0 aromatic rings. The molecule has 2 aliphatic heterocycles. The summed E-state index contributed by atoms with van der Waals surface area (Å²) in [4.78, 5) is 2.51. The maximum atomic E-state index is 12.0. The number of nitrogens with one attached hydrogen (secondary N) is 2. The van der Waals surface area contributed by atoms with E-state index in [4.69, 9.17) is 0 Å². The van der Waals surface area contributed by atoms with Crippen LogP contribution in [0, 0.1) is 0 Å². The summed E-state index contributed by atoms with van der Waals surface area (Å²) in [6.45, 7) is 3.14. The highest BCUT2D eigenvalue weighted by Crippen LogP contribution is 2.27. The second kappa shape index (κ2) is 7.02. The number of hydrogen-bond acceptors (Lipinski definition) is 4. The van der Waals surface area contributed by atoms with Crippen molar-refractivity contribution in [2.24, 2.45) is 0 Å². The standard InChI is InChI=1S/C13H27N3O2S/c1-14-7-2-3-10-19(17,18)15-12-6-9-16-8-4-5-13(16)11-12/h12-15H,2-11H2,1H3. The highest BCUT2D eigenvalue weighted by atomic mass is 32.2. The normalized spacial score (nSPS) is 28.5. The van der Waals surface area contributed by atoms with Gasteiger partial charge in [0.2, 0.25) is 10.0 Å². The van der Waals surface area contributed by atoms with Gasteiger partial charge in [-0.15, -0.1) is 0 Å². The molecule has 0 saturated carbocycles. The first-order chi connectivity index (χ1) is 9.11. The smallest absolute Gasteiger partial charge is 0.211 e. The summed E-state index contributed by atoms with van der Waals surface area (Å²) in [5.74, 6) is 0.263. The lowest BCUT2D eigenvalue weighted by Crippen LogP contribution is -2.47. The molecule has 2 unspecified atom stereocenters. The van der Waals surface area contributed by atoms with Gasteiger partial charge in [0.25, 0.3) is 0 Å². The largest absolute Gasteiger partial charge is 0.320 e. The first-order valence-corrected chi connectivity index (χ1v) is 9.14. The van der Waals surface area contributed by atoms with Crippen LogP contribution in [-0.4, -0.2) is 57.8 Å². The molecule has 2 aliphatic rings. The fraction of sp³-hybridized carbons (Fsp3) is 1.00. The number of hydrogen-bond donors (Lipinski definition) is 2. The molecule has 0 amide bonds. The van der Waals surface area contributed by atoms with Crippen molar-refractivity contribution in [1.82, 2.24) is 14.9 Å². The Bertz CT molecular complexity index is 372. The quantitative estimate of drug-likeness (QED) is 0.671. The molecule has 2 atom stereocenters. The van der Waals surface area contributed by atoms with Crippen molar-refractivity contribution in [3.63, 3.8) is 0 Å². The molecular weight excluding hydrogens is 262 g/mol. The van der Waals surface area contributed by atoms with Crippen LogP contribution in [0.2, 0.25) is 0 Å². The highest BCUT2D eigenvalue weighted by Gasteiger charge is 2.33. The SMILES string of the molecule is CNCCCCS(=O)(=O)NC1CCN2CCCC2C1. The third-order valence-electron chi connectivity index (χ3n) is 4.26. The summed E-state index contributed by atoms with van der Waals surface area (Å²) in [5.41, 5.74) is 0. The van der Waals surface area contributed by atoms with Crippen molar-refractivity contribution in [1.29, 1.82) is 0 Å². The van der Waals surface area contributed by atoms with Gasteiger partial charge in [0.05, 0.1) is 5.75 Å². The van der Waals surface area contributed by atoms with Gasteiger partial charge in [-0.3, -0.25) is 0 Å². The van der Waals surface area contributed by atoms with Crippen LogP contribution in [0.4, 0.5) is 0 Å². The first kappa shape index (κ1) is 15.2. The molecule has 0 radical (unpaired) electrons. The highest BCUT2D eigenvalue weighted by molar-refractivity contribution is 7.89. The maximum absolute atomic E-state index is 12.0. The molecule has 6 heteroatoms. The second-order valence-corrected chi connectivity index (χ2v) is 7.67. The molecule has 2 heterocycles. The van der Waals surface area contributed by atoms with Gasteiger partial charge >= 0.3 is 0 Å². The van der Waals surface area contributed by atoms with E-state index in [1.165, 1.54) is 19.4 Å². The molecule has 0 aromatic carbocycles. The fourth-order valence-corrected chi connectivity index (χ4v) is 4.66. The molecule has 0 spiro atoms. The Morgan fingerprint density at radius 1 is 1.21 bits per heavy atom. The molecule has 0 bridgehead atoms. The van der Waals surface area contributed by atoms with Gasteiger partial charge in [-0.25, -0.2) is 13.1 Å². The van der Waals surface area contributed by atoms with E-state index in [9.17, 15) is 8.42 Å². The van der Waals surface area contributed by atoms with E-state index in [0.29, 0.717) is 6.04 Å². The maximum Gasteiger partial charge on any atom is 0.211 e. The fourth-order valence-electron chi connectivity index (χ4n) is 3.24. The van der Waals surface area contributed by atoms with Crippen molar-refractivity contribution in [3.05, 3.63) is 0 Å². The van der Waals surface area contributed by atoms with Crippen molar-refractivity contribution in [2.45, 2.75) is 50.6 Å². The summed E-state index contributed by atoms with van der Waals surface area (Å²) in [6.07, 6.45) is 6.12. The summed E-state index contributed by atoms with van der Waals surface area (Å²) in [5, 5.41) is 3.04. The number of fused-ring (bicyclic) bond motifs is 1. The van der Waals surface area contributed by atoms with Crippen LogP contribution in [0.25, 0.3) is 0 Å². The number of rotatable bonds is 7. The number of sulfonamides is 1. The number of nitrogens with zero attached hydrogens (tertiary/aromatic N) is 1. The predicted octanol–water partition coefficient (Wildman–Crippen LogP) is 0.532. The molecule has 2 fully saturated rings. The topological polar surface area (TPSA) is 61.4 Å². The van der Waals surface area contributed by atoms with Crippen LogP contribution in [0.15, 0.2) is 0 Å². The summed E-state index contributed by atoms with van der Waals surface area (Å²) in [7, 11) is -1.20. The third kappa shape index (κ3) is 4.70. The molecule has 0 aliphatic carbocycles. The van der Waals surface area contributed by atoms with Gasteiger partial charge in [-0.1, -0.05) is 0 Å². The molecule has 2 saturated heterocycles. The molecule has 5 nitrogen and oxygen atoms in total. The van der Waals surface area contributed by atoms with Gasteiger partial charge in [0, 0.05) is 12.1 Å². The molecular formula is C13H27N3O2S. The minimum absolute atomic E-state index is 0.161. The molecule has 19 heavy (non-hydrogen) atoms. The molecule has 112 valence electrons. The summed E-state index contributed by atoms with van der Waals surface area (Å²) >= 11 is 0. The van der Waals surface area contributed by atoms with Gasteiger partial charge in [0.15, 0.2) is 0 Å². The van der Waals surface area contributed by atoms with Crippen molar-refractivity contribution >= 4 is 10.0 Å². The van der Waals surface area contributed by atoms with Crippen molar-refractivity contribution < 1.29 is 8.42 Å². The zero-order valence-corrected chi connectivity index (χ0v) is 12.7. The monoisotopic (exact) mass is 289 g/mol. The Morgan fingerprint density at radius 3 is 2.84 bits per heavy atom. The van der Waals surface area contributed by atoms with Gasteiger partial charge in [0.1, 0.15) is 0 Å². The van der Waals surface area contributed by atoms with Crippen LogP contribution in [0.1, 0.15) is 38.5 Å². The lowest BCUT2D eigenvalue weighted by molar-refractivity contribution is 0.176. The van der Waals surface area contributed by atoms with Crippen molar-refractivity contribution in [3.8, 4) is 0 Å². The van der Waals surface area contributed by atoms with Crippen LogP contribution in [0.3, 0.4) is 0 Å². The van der Waals surface area contributed by atoms with Gasteiger partial charge in [-0.2, -0.15) is 0 Å². The first-order valence-electron chi connectivity index (χ1n) is 7.49. The third-order valence-corrected chi connectivity index (χ3v) is 5.78. The van der Waals surface area contributed by atoms with E-state index >= 15 is 0 Å². The lowest BCUT2D eigenvalue weighted by atomic mass is 9.99. The van der Waals surface area contributed by atoms with Crippen LogP contribution < -0.4 is 10.0 Å². The van der Waals surface area contributed by atoms with Gasteiger partial charge < -0.3 is 10.2 Å². The second-order valence-electron chi connectivity index (χ2n) is 5.80. The minimum Gasteiger partial charge on any atom is -0.320 e. The van der Waals surface area contributed by atoms with Crippen LogP contribution >= 0.6 is 0 Å². The van der Waals surface area contributed by atoms with Crippen molar-refractivity contribution in [2.75, 3.05) is 32.4 Å². The van der Waals surface area contributed by atoms with E-state index in [-0.39, 0.29) is 11.8 Å². The van der Waals surface area contributed by atoms with E-state index in [1.54, 1.807) is 0 Å². The van der Waals surface area contributed by atoms with E-state index < -0.39 is 10.0 Å². The molecule has 0 aromatic heterocycles. The Balaban J connectivity index is 1.73. The number of piperidine rings is 1. The Morgan fingerprint density at radius 2 is 2.05 bits per heavy atom. The predicted molar refractivity (Wildman–Crippen MR) is 77.7 cm³/mol. The summed E-state index contributed by atoms with van der Waals surface area (Å²) in [6, 6.07) is 0.777. The summed E-state index contributed by atoms with van der Waals surface area (Å²) < 4.78 is 26.9.